The summed E-state index contributed by atoms with van der Waals surface area (Å²) in [6, 6.07) is 12.7. The molecule has 0 aliphatic rings. The number of nitriles is 1. The molecule has 0 saturated carbocycles. The third-order valence-corrected chi connectivity index (χ3v) is 3.53. The number of nitrogens with zero attached hydrogens (tertiary/aromatic N) is 1. The van der Waals surface area contributed by atoms with Gasteiger partial charge in [-0.2, -0.15) is 5.26 Å². The van der Waals surface area contributed by atoms with Crippen LogP contribution in [0.1, 0.15) is 5.56 Å². The van der Waals surface area contributed by atoms with E-state index in [4.69, 9.17) is 31.1 Å². The van der Waals surface area contributed by atoms with Gasteiger partial charge in [-0.05, 0) is 24.3 Å². The van der Waals surface area contributed by atoms with Crippen molar-refractivity contribution in [3.8, 4) is 23.3 Å². The molecule has 0 unspecified atom stereocenters. The molecule has 0 spiro atoms. The Labute approximate surface area is 142 Å². The number of benzene rings is 2. The first-order valence-corrected chi connectivity index (χ1v) is 7.60. The Kier molecular flexibility index (Phi) is 5.93. The zero-order chi connectivity index (χ0) is 15.9. The van der Waals surface area contributed by atoms with Crippen molar-refractivity contribution in [1.82, 2.24) is 0 Å². The summed E-state index contributed by atoms with van der Waals surface area (Å²) in [6.07, 6.45) is 0. The Hall–Kier alpha value is -1.90. The van der Waals surface area contributed by atoms with Crippen LogP contribution < -0.4 is 14.2 Å². The molecule has 0 aliphatic carbocycles. The highest BCUT2D eigenvalue weighted by Crippen LogP contribution is 2.36. The monoisotopic (exact) mass is 381 g/mol. The van der Waals surface area contributed by atoms with E-state index in [0.717, 1.165) is 10.2 Å². The van der Waals surface area contributed by atoms with Crippen molar-refractivity contribution >= 4 is 27.5 Å². The molecule has 0 fully saturated rings. The van der Waals surface area contributed by atoms with Gasteiger partial charge in [0.2, 0.25) is 0 Å². The van der Waals surface area contributed by atoms with Gasteiger partial charge in [0.15, 0.2) is 11.5 Å². The fourth-order valence-corrected chi connectivity index (χ4v) is 2.43. The fraction of sp³-hybridized carbons (Fsp3) is 0.188. The summed E-state index contributed by atoms with van der Waals surface area (Å²) in [6.45, 7) is 0.657. The summed E-state index contributed by atoms with van der Waals surface area (Å²) in [4.78, 5) is 0. The quantitative estimate of drug-likeness (QED) is 0.693. The summed E-state index contributed by atoms with van der Waals surface area (Å²) in [5.74, 6) is 1.57. The molecule has 0 saturated heterocycles. The standard InChI is InChI=1S/C16H13BrClNO3/c1-20-15-8-11(10-19)7-14(18)16(15)22-6-5-21-13-4-2-3-12(17)9-13/h2-4,7-9H,5-6H2,1H3. The minimum Gasteiger partial charge on any atom is -0.493 e. The Balaban J connectivity index is 1.96. The molecule has 0 amide bonds. The third-order valence-electron chi connectivity index (χ3n) is 2.75. The molecule has 22 heavy (non-hydrogen) atoms. The number of hydrogen-bond acceptors (Lipinski definition) is 4. The molecule has 2 rings (SSSR count). The Morgan fingerprint density at radius 1 is 1.18 bits per heavy atom. The predicted octanol–water partition coefficient (Wildman–Crippen LogP) is 4.44. The Morgan fingerprint density at radius 3 is 2.64 bits per heavy atom. The first-order chi connectivity index (χ1) is 10.6. The Morgan fingerprint density at radius 2 is 1.95 bits per heavy atom. The maximum absolute atomic E-state index is 8.91. The molecule has 0 aliphatic heterocycles. The van der Waals surface area contributed by atoms with Crippen LogP contribution >= 0.6 is 27.5 Å². The van der Waals surface area contributed by atoms with Gasteiger partial charge in [0.05, 0.1) is 23.8 Å². The topological polar surface area (TPSA) is 51.5 Å². The van der Waals surface area contributed by atoms with Crippen LogP contribution in [-0.4, -0.2) is 20.3 Å². The normalized spacial score (nSPS) is 9.91. The van der Waals surface area contributed by atoms with Crippen LogP contribution in [0.3, 0.4) is 0 Å². The van der Waals surface area contributed by atoms with Crippen LogP contribution in [0.15, 0.2) is 40.9 Å². The number of methoxy groups -OCH3 is 1. The summed E-state index contributed by atoms with van der Waals surface area (Å²) in [5.41, 5.74) is 0.416. The van der Waals surface area contributed by atoms with Gasteiger partial charge in [0.25, 0.3) is 0 Å². The molecular formula is C16H13BrClNO3. The first-order valence-electron chi connectivity index (χ1n) is 6.43. The van der Waals surface area contributed by atoms with Crippen molar-refractivity contribution < 1.29 is 14.2 Å². The van der Waals surface area contributed by atoms with E-state index >= 15 is 0 Å². The van der Waals surface area contributed by atoms with E-state index in [9.17, 15) is 0 Å². The van der Waals surface area contributed by atoms with E-state index in [0.29, 0.717) is 35.3 Å². The molecule has 4 nitrogen and oxygen atoms in total. The number of ether oxygens (including phenoxy) is 3. The van der Waals surface area contributed by atoms with E-state index < -0.39 is 0 Å². The number of rotatable bonds is 6. The molecule has 0 bridgehead atoms. The lowest BCUT2D eigenvalue weighted by molar-refractivity contribution is 0.211. The van der Waals surface area contributed by atoms with Gasteiger partial charge >= 0.3 is 0 Å². The van der Waals surface area contributed by atoms with Crippen molar-refractivity contribution in [1.29, 1.82) is 5.26 Å². The average molecular weight is 383 g/mol. The van der Waals surface area contributed by atoms with Gasteiger partial charge in [-0.25, -0.2) is 0 Å². The van der Waals surface area contributed by atoms with Gasteiger partial charge in [-0.3, -0.25) is 0 Å². The second-order valence-corrected chi connectivity index (χ2v) is 5.58. The molecule has 6 heteroatoms. The molecule has 0 atom stereocenters. The third kappa shape index (κ3) is 4.30. The van der Waals surface area contributed by atoms with E-state index in [1.807, 2.05) is 30.3 Å². The maximum Gasteiger partial charge on any atom is 0.179 e. The second-order valence-electron chi connectivity index (χ2n) is 4.26. The zero-order valence-corrected chi connectivity index (χ0v) is 14.1. The molecule has 2 aromatic rings. The second kappa shape index (κ2) is 7.92. The van der Waals surface area contributed by atoms with Crippen molar-refractivity contribution in [2.24, 2.45) is 0 Å². The van der Waals surface area contributed by atoms with Crippen molar-refractivity contribution in [2.45, 2.75) is 0 Å². The van der Waals surface area contributed by atoms with E-state index in [2.05, 4.69) is 15.9 Å². The lowest BCUT2D eigenvalue weighted by Gasteiger charge is -2.13. The van der Waals surface area contributed by atoms with Crippen LogP contribution in [0.5, 0.6) is 17.2 Å². The maximum atomic E-state index is 8.91. The number of halogens is 2. The lowest BCUT2D eigenvalue weighted by Crippen LogP contribution is -2.10. The molecule has 0 aromatic heterocycles. The minimum absolute atomic E-state index is 0.300. The van der Waals surface area contributed by atoms with Crippen LogP contribution in [0, 0.1) is 11.3 Å². The smallest absolute Gasteiger partial charge is 0.179 e. The van der Waals surface area contributed by atoms with Gasteiger partial charge in [-0.15, -0.1) is 0 Å². The number of hydrogen-bond donors (Lipinski definition) is 0. The summed E-state index contributed by atoms with van der Waals surface area (Å²) in [7, 11) is 1.50. The highest BCUT2D eigenvalue weighted by Gasteiger charge is 2.12. The Bertz CT molecular complexity index is 700. The zero-order valence-electron chi connectivity index (χ0n) is 11.8. The van der Waals surface area contributed by atoms with Crippen molar-refractivity contribution in [3.63, 3.8) is 0 Å². The lowest BCUT2D eigenvalue weighted by atomic mass is 10.2. The van der Waals surface area contributed by atoms with Crippen LogP contribution in [0.2, 0.25) is 5.02 Å². The molecule has 0 radical (unpaired) electrons. The minimum atomic E-state index is 0.300. The van der Waals surface area contributed by atoms with E-state index in [-0.39, 0.29) is 0 Å². The van der Waals surface area contributed by atoms with Crippen LogP contribution in [-0.2, 0) is 0 Å². The SMILES string of the molecule is COc1cc(C#N)cc(Cl)c1OCCOc1cccc(Br)c1. The molecular weight excluding hydrogens is 370 g/mol. The highest BCUT2D eigenvalue weighted by atomic mass is 79.9. The molecule has 0 heterocycles. The molecule has 0 N–H and O–H groups in total. The van der Waals surface area contributed by atoms with Crippen LogP contribution in [0.4, 0.5) is 0 Å². The molecule has 114 valence electrons. The predicted molar refractivity (Wildman–Crippen MR) is 87.9 cm³/mol. The van der Waals surface area contributed by atoms with Crippen molar-refractivity contribution in [3.05, 3.63) is 51.5 Å². The fourth-order valence-electron chi connectivity index (χ4n) is 1.78. The van der Waals surface area contributed by atoms with Gasteiger partial charge in [-0.1, -0.05) is 33.6 Å². The summed E-state index contributed by atoms with van der Waals surface area (Å²) < 4.78 is 17.3. The van der Waals surface area contributed by atoms with Crippen LogP contribution in [0.25, 0.3) is 0 Å². The summed E-state index contributed by atoms with van der Waals surface area (Å²) >= 11 is 9.48. The summed E-state index contributed by atoms with van der Waals surface area (Å²) in [5, 5.41) is 9.24. The largest absolute Gasteiger partial charge is 0.493 e. The van der Waals surface area contributed by atoms with Gasteiger partial charge in [0.1, 0.15) is 19.0 Å². The molecule has 2 aromatic carbocycles. The first kappa shape index (κ1) is 16.5. The highest BCUT2D eigenvalue weighted by molar-refractivity contribution is 9.10. The van der Waals surface area contributed by atoms with Gasteiger partial charge in [0, 0.05) is 10.5 Å². The van der Waals surface area contributed by atoms with E-state index in [1.165, 1.54) is 13.2 Å². The van der Waals surface area contributed by atoms with Crippen molar-refractivity contribution in [2.75, 3.05) is 20.3 Å². The van der Waals surface area contributed by atoms with Gasteiger partial charge < -0.3 is 14.2 Å². The average Bonchev–Trinajstić information content (AvgIpc) is 2.52. The van der Waals surface area contributed by atoms with E-state index in [1.54, 1.807) is 6.07 Å².